The van der Waals surface area contributed by atoms with E-state index in [0.29, 0.717) is 23.2 Å². The summed E-state index contributed by atoms with van der Waals surface area (Å²) < 4.78 is 16.6. The maximum absolute atomic E-state index is 13.2. The Bertz CT molecular complexity index is 522. The van der Waals surface area contributed by atoms with Gasteiger partial charge in [-0.05, 0) is 39.5 Å². The van der Waals surface area contributed by atoms with Gasteiger partial charge < -0.3 is 14.2 Å². The average Bonchev–Trinajstić information content (AvgIpc) is 3.08. The summed E-state index contributed by atoms with van der Waals surface area (Å²) in [5.74, 6) is 2.25. The van der Waals surface area contributed by atoms with Crippen LogP contribution in [0, 0.1) is 5.92 Å². The fourth-order valence-electron chi connectivity index (χ4n) is 3.56. The minimum absolute atomic E-state index is 0.289. The van der Waals surface area contributed by atoms with Crippen LogP contribution < -0.4 is 14.2 Å². The fraction of sp³-hybridized carbons (Fsp3) is 0.684. The van der Waals surface area contributed by atoms with Gasteiger partial charge in [0.25, 0.3) is 0 Å². The zero-order chi connectivity index (χ0) is 17.9. The number of ether oxygens (including phenoxy) is 3. The molecule has 0 aromatic heterocycles. The monoisotopic (exact) mass is 336 g/mol. The third-order valence-electron chi connectivity index (χ3n) is 4.81. The van der Waals surface area contributed by atoms with Crippen molar-refractivity contribution in [1.29, 1.82) is 0 Å². The molecule has 0 aliphatic heterocycles. The molecular formula is C19H30NO4. The van der Waals surface area contributed by atoms with Crippen molar-refractivity contribution in [3.63, 3.8) is 0 Å². The van der Waals surface area contributed by atoms with Crippen molar-refractivity contribution < 1.29 is 19.4 Å². The molecule has 24 heavy (non-hydrogen) atoms. The highest BCUT2D eigenvalue weighted by Crippen LogP contribution is 2.48. The minimum atomic E-state index is -0.497. The number of methoxy groups -OCH3 is 3. The van der Waals surface area contributed by atoms with Gasteiger partial charge in [0.1, 0.15) is 17.2 Å². The van der Waals surface area contributed by atoms with Crippen LogP contribution in [0.15, 0.2) is 12.1 Å². The Morgan fingerprint density at radius 2 is 1.50 bits per heavy atom. The second-order valence-electron chi connectivity index (χ2n) is 7.43. The van der Waals surface area contributed by atoms with Crippen LogP contribution in [0.25, 0.3) is 0 Å². The summed E-state index contributed by atoms with van der Waals surface area (Å²) in [5, 5.41) is 14.4. The zero-order valence-corrected chi connectivity index (χ0v) is 15.7. The zero-order valence-electron chi connectivity index (χ0n) is 15.7. The molecular weight excluding hydrogens is 306 g/mol. The molecule has 1 aromatic rings. The van der Waals surface area contributed by atoms with Gasteiger partial charge in [-0.3, -0.25) is 0 Å². The van der Waals surface area contributed by atoms with E-state index in [4.69, 9.17) is 14.2 Å². The largest absolute Gasteiger partial charge is 0.496 e. The average molecular weight is 336 g/mol. The molecule has 5 heteroatoms. The highest BCUT2D eigenvalue weighted by Gasteiger charge is 2.40. The van der Waals surface area contributed by atoms with Crippen LogP contribution in [-0.4, -0.2) is 31.9 Å². The van der Waals surface area contributed by atoms with E-state index in [1.165, 1.54) is 17.9 Å². The number of benzene rings is 1. The summed E-state index contributed by atoms with van der Waals surface area (Å²) >= 11 is 0. The first-order valence-corrected chi connectivity index (χ1v) is 8.59. The summed E-state index contributed by atoms with van der Waals surface area (Å²) in [4.78, 5) is 0. The predicted octanol–water partition coefficient (Wildman–Crippen LogP) is 4.39. The van der Waals surface area contributed by atoms with Gasteiger partial charge >= 0.3 is 0 Å². The number of rotatable bonds is 6. The van der Waals surface area contributed by atoms with Crippen molar-refractivity contribution in [2.45, 2.75) is 58.0 Å². The van der Waals surface area contributed by atoms with Crippen LogP contribution in [0.1, 0.15) is 58.1 Å². The van der Waals surface area contributed by atoms with Crippen LogP contribution in [0.2, 0.25) is 0 Å². The molecule has 2 rings (SSSR count). The van der Waals surface area contributed by atoms with Gasteiger partial charge in [-0.25, -0.2) is 0 Å². The van der Waals surface area contributed by atoms with Crippen molar-refractivity contribution >= 4 is 0 Å². The maximum Gasteiger partial charge on any atom is 0.131 e. The van der Waals surface area contributed by atoms with Crippen LogP contribution in [0.5, 0.6) is 17.2 Å². The Balaban J connectivity index is 2.60. The molecule has 1 atom stereocenters. The molecule has 1 aliphatic carbocycles. The van der Waals surface area contributed by atoms with E-state index < -0.39 is 5.54 Å². The molecule has 0 spiro atoms. The van der Waals surface area contributed by atoms with Crippen molar-refractivity contribution in [3.8, 4) is 17.2 Å². The van der Waals surface area contributed by atoms with Crippen LogP contribution in [-0.2, 0) is 5.21 Å². The fourth-order valence-corrected chi connectivity index (χ4v) is 3.56. The Kier molecular flexibility index (Phi) is 5.99. The standard InChI is InChI=1S/C19H30NO4/c1-19(2,3)20(21)18(13-9-7-8-10-13)17-15(23-5)11-14(22-4)12-16(17)24-6/h11-13,18H,7-10H2,1-6H3/t18-/m0/s1. The summed E-state index contributed by atoms with van der Waals surface area (Å²) in [6, 6.07) is 3.37. The molecule has 135 valence electrons. The molecule has 0 unspecified atom stereocenters. The van der Waals surface area contributed by atoms with Gasteiger partial charge in [-0.1, -0.05) is 12.8 Å². The van der Waals surface area contributed by atoms with Crippen molar-refractivity contribution in [1.82, 2.24) is 5.06 Å². The minimum Gasteiger partial charge on any atom is -0.496 e. The quantitative estimate of drug-likeness (QED) is 0.723. The second kappa shape index (κ2) is 7.62. The first-order valence-electron chi connectivity index (χ1n) is 8.59. The van der Waals surface area contributed by atoms with Gasteiger partial charge in [0.05, 0.1) is 32.9 Å². The summed E-state index contributed by atoms with van der Waals surface area (Å²) in [6.45, 7) is 5.85. The van der Waals surface area contributed by atoms with Crippen LogP contribution in [0.3, 0.4) is 0 Å². The lowest BCUT2D eigenvalue weighted by Crippen LogP contribution is -2.43. The highest BCUT2D eigenvalue weighted by atomic mass is 16.5. The number of hydrogen-bond donors (Lipinski definition) is 0. The Morgan fingerprint density at radius 3 is 1.88 bits per heavy atom. The second-order valence-corrected chi connectivity index (χ2v) is 7.43. The lowest BCUT2D eigenvalue weighted by molar-refractivity contribution is -0.252. The lowest BCUT2D eigenvalue weighted by atomic mass is 9.87. The SMILES string of the molecule is COc1cc(OC)c([C@H](C2CCCC2)N([O])C(C)(C)C)c(OC)c1. The topological polar surface area (TPSA) is 50.8 Å². The summed E-state index contributed by atoms with van der Waals surface area (Å²) in [7, 11) is 4.85. The molecule has 1 saturated carbocycles. The van der Waals surface area contributed by atoms with E-state index in [9.17, 15) is 5.21 Å². The lowest BCUT2D eigenvalue weighted by Gasteiger charge is -2.38. The summed E-state index contributed by atoms with van der Waals surface area (Å²) in [5.41, 5.74) is 0.334. The molecule has 0 bridgehead atoms. The molecule has 1 radical (unpaired) electrons. The van der Waals surface area contributed by atoms with E-state index in [1.54, 1.807) is 21.3 Å². The van der Waals surface area contributed by atoms with Crippen molar-refractivity contribution in [2.24, 2.45) is 5.92 Å². The molecule has 0 heterocycles. The van der Waals surface area contributed by atoms with E-state index in [2.05, 4.69) is 0 Å². The van der Waals surface area contributed by atoms with E-state index in [1.807, 2.05) is 32.9 Å². The van der Waals surface area contributed by atoms with Gasteiger partial charge in [0.2, 0.25) is 0 Å². The molecule has 5 nitrogen and oxygen atoms in total. The summed E-state index contributed by atoms with van der Waals surface area (Å²) in [6.07, 6.45) is 4.44. The number of nitrogens with zero attached hydrogens (tertiary/aromatic N) is 1. The van der Waals surface area contributed by atoms with E-state index in [-0.39, 0.29) is 6.04 Å². The Labute approximate surface area is 145 Å². The van der Waals surface area contributed by atoms with Gasteiger partial charge in [0, 0.05) is 17.7 Å². The van der Waals surface area contributed by atoms with Crippen molar-refractivity contribution in [3.05, 3.63) is 17.7 Å². The maximum atomic E-state index is 13.2. The van der Waals surface area contributed by atoms with Gasteiger partial charge in [0.15, 0.2) is 0 Å². The molecule has 1 aromatic carbocycles. The third kappa shape index (κ3) is 3.78. The number of hydroxylamine groups is 2. The van der Waals surface area contributed by atoms with Crippen LogP contribution >= 0.6 is 0 Å². The predicted molar refractivity (Wildman–Crippen MR) is 93.1 cm³/mol. The Hall–Kier alpha value is -1.46. The molecule has 1 fully saturated rings. The molecule has 0 amide bonds. The van der Waals surface area contributed by atoms with E-state index >= 15 is 0 Å². The highest BCUT2D eigenvalue weighted by molar-refractivity contribution is 5.52. The van der Waals surface area contributed by atoms with Gasteiger partial charge in [-0.15, -0.1) is 10.3 Å². The van der Waals surface area contributed by atoms with E-state index in [0.717, 1.165) is 18.4 Å². The first-order chi connectivity index (χ1) is 11.3. The molecule has 1 aliphatic rings. The number of hydrogen-bond acceptors (Lipinski definition) is 4. The van der Waals surface area contributed by atoms with Crippen LogP contribution in [0.4, 0.5) is 0 Å². The third-order valence-corrected chi connectivity index (χ3v) is 4.81. The van der Waals surface area contributed by atoms with Crippen molar-refractivity contribution in [2.75, 3.05) is 21.3 Å². The normalized spacial score (nSPS) is 17.2. The smallest absolute Gasteiger partial charge is 0.131 e. The Morgan fingerprint density at radius 1 is 1.00 bits per heavy atom. The molecule has 0 N–H and O–H groups in total. The molecule has 0 saturated heterocycles. The first kappa shape index (κ1) is 18.9. The van der Waals surface area contributed by atoms with Gasteiger partial charge in [-0.2, -0.15) is 0 Å².